The van der Waals surface area contributed by atoms with Gasteiger partial charge in [-0.15, -0.1) is 0 Å². The van der Waals surface area contributed by atoms with Crippen LogP contribution in [0.4, 0.5) is 5.69 Å². The molecule has 2 aromatic rings. The molecule has 0 spiro atoms. The van der Waals surface area contributed by atoms with E-state index in [0.29, 0.717) is 12.2 Å². The van der Waals surface area contributed by atoms with Gasteiger partial charge in [0.15, 0.2) is 0 Å². The zero-order valence-corrected chi connectivity index (χ0v) is 12.8. The fourth-order valence-corrected chi connectivity index (χ4v) is 2.40. The van der Waals surface area contributed by atoms with Gasteiger partial charge in [-0.2, -0.15) is 0 Å². The number of halogens is 1. The van der Waals surface area contributed by atoms with Gasteiger partial charge in [0, 0.05) is 29.0 Å². The maximum absolute atomic E-state index is 12.3. The van der Waals surface area contributed by atoms with E-state index < -0.39 is 0 Å². The lowest BCUT2D eigenvalue weighted by Gasteiger charge is -2.11. The van der Waals surface area contributed by atoms with Crippen LogP contribution in [0.25, 0.3) is 0 Å². The van der Waals surface area contributed by atoms with E-state index in [9.17, 15) is 9.59 Å². The summed E-state index contributed by atoms with van der Waals surface area (Å²) in [6.07, 6.45) is 2.37. The molecule has 1 aromatic heterocycles. The summed E-state index contributed by atoms with van der Waals surface area (Å²) in [5.74, 6) is 0. The zero-order valence-electron chi connectivity index (χ0n) is 11.2. The number of aryl methyl sites for hydroxylation is 1. The van der Waals surface area contributed by atoms with Gasteiger partial charge in [0.1, 0.15) is 0 Å². The van der Waals surface area contributed by atoms with Crippen molar-refractivity contribution in [3.8, 4) is 0 Å². The highest BCUT2D eigenvalue weighted by Crippen LogP contribution is 2.23. The van der Waals surface area contributed by atoms with E-state index >= 15 is 0 Å². The van der Waals surface area contributed by atoms with Crippen LogP contribution in [0.1, 0.15) is 18.9 Å². The van der Waals surface area contributed by atoms with Crippen LogP contribution in [0.2, 0.25) is 0 Å². The molecule has 20 heavy (non-hydrogen) atoms. The van der Waals surface area contributed by atoms with Gasteiger partial charge >= 0.3 is 5.69 Å². The Bertz CT molecular complexity index is 734. The third-order valence-electron chi connectivity index (χ3n) is 3.04. The molecule has 2 rings (SSSR count). The van der Waals surface area contributed by atoms with Crippen molar-refractivity contribution in [3.63, 3.8) is 0 Å². The van der Waals surface area contributed by atoms with Crippen LogP contribution in [0.3, 0.4) is 0 Å². The number of aromatic nitrogens is 2. The summed E-state index contributed by atoms with van der Waals surface area (Å²) < 4.78 is 3.48. The number of anilines is 1. The highest BCUT2D eigenvalue weighted by Gasteiger charge is 2.09. The van der Waals surface area contributed by atoms with Gasteiger partial charge in [0.25, 0.3) is 5.56 Å². The number of hydrogen-bond donors (Lipinski definition) is 1. The maximum atomic E-state index is 12.3. The lowest BCUT2D eigenvalue weighted by molar-refractivity contribution is 0.570. The van der Waals surface area contributed by atoms with Gasteiger partial charge in [-0.3, -0.25) is 9.36 Å². The Balaban J connectivity index is 2.48. The normalized spacial score (nSPS) is 10.7. The molecule has 0 atom stereocenters. The summed E-state index contributed by atoms with van der Waals surface area (Å²) in [6, 6.07) is 6.81. The summed E-state index contributed by atoms with van der Waals surface area (Å²) >= 11 is 3.39. The molecule has 0 amide bonds. The lowest BCUT2D eigenvalue weighted by Crippen LogP contribution is -2.39. The molecule has 0 saturated carbocycles. The van der Waals surface area contributed by atoms with Crippen molar-refractivity contribution in [2.45, 2.75) is 26.4 Å². The molecule has 0 radical (unpaired) electrons. The first kappa shape index (κ1) is 14.6. The van der Waals surface area contributed by atoms with Crippen molar-refractivity contribution in [2.75, 3.05) is 5.73 Å². The fraction of sp³-hybridized carbons (Fsp3) is 0.286. The van der Waals surface area contributed by atoms with Crippen molar-refractivity contribution < 1.29 is 0 Å². The zero-order chi connectivity index (χ0) is 14.7. The highest BCUT2D eigenvalue weighted by atomic mass is 79.9. The molecule has 1 heterocycles. The molecular formula is C14H16BrN3O2. The topological polar surface area (TPSA) is 70.0 Å². The van der Waals surface area contributed by atoms with Crippen LogP contribution in [0.5, 0.6) is 0 Å². The largest absolute Gasteiger partial charge is 0.398 e. The summed E-state index contributed by atoms with van der Waals surface area (Å²) in [7, 11) is 0. The minimum absolute atomic E-state index is 0.202. The number of nitrogens with zero attached hydrogens (tertiary/aromatic N) is 2. The average molecular weight is 338 g/mol. The molecular weight excluding hydrogens is 322 g/mol. The van der Waals surface area contributed by atoms with Crippen molar-refractivity contribution in [1.29, 1.82) is 0 Å². The summed E-state index contributed by atoms with van der Waals surface area (Å²) in [4.78, 5) is 24.2. The molecule has 106 valence electrons. The van der Waals surface area contributed by atoms with Crippen LogP contribution >= 0.6 is 15.9 Å². The molecule has 5 nitrogen and oxygen atoms in total. The summed E-state index contributed by atoms with van der Waals surface area (Å²) in [6.45, 7) is 2.78. The second kappa shape index (κ2) is 6.09. The molecule has 0 aliphatic carbocycles. The minimum Gasteiger partial charge on any atom is -0.398 e. The smallest absolute Gasteiger partial charge is 0.331 e. The third kappa shape index (κ3) is 2.85. The predicted molar refractivity (Wildman–Crippen MR) is 82.9 cm³/mol. The molecule has 0 aliphatic heterocycles. The van der Waals surface area contributed by atoms with Crippen LogP contribution in [-0.4, -0.2) is 9.13 Å². The first-order chi connectivity index (χ1) is 9.54. The number of nitrogens with two attached hydrogens (primary N) is 1. The first-order valence-electron chi connectivity index (χ1n) is 6.37. The van der Waals surface area contributed by atoms with E-state index in [1.165, 1.54) is 10.6 Å². The van der Waals surface area contributed by atoms with E-state index in [0.717, 1.165) is 16.5 Å². The molecule has 2 N–H and O–H groups in total. The van der Waals surface area contributed by atoms with E-state index in [4.69, 9.17) is 5.73 Å². The molecule has 0 bridgehead atoms. The molecule has 1 aromatic carbocycles. The van der Waals surface area contributed by atoms with Crippen molar-refractivity contribution in [2.24, 2.45) is 0 Å². The number of benzene rings is 1. The van der Waals surface area contributed by atoms with Crippen molar-refractivity contribution >= 4 is 21.6 Å². The second-order valence-corrected chi connectivity index (χ2v) is 5.33. The van der Waals surface area contributed by atoms with E-state index in [1.807, 2.05) is 13.0 Å². The van der Waals surface area contributed by atoms with Crippen molar-refractivity contribution in [1.82, 2.24) is 9.13 Å². The second-order valence-electron chi connectivity index (χ2n) is 4.54. The lowest BCUT2D eigenvalue weighted by atomic mass is 10.2. The molecule has 0 saturated heterocycles. The van der Waals surface area contributed by atoms with Gasteiger partial charge in [0.2, 0.25) is 0 Å². The van der Waals surface area contributed by atoms with E-state index in [1.54, 1.807) is 22.9 Å². The Morgan fingerprint density at radius 3 is 2.70 bits per heavy atom. The summed E-state index contributed by atoms with van der Waals surface area (Å²) in [5, 5.41) is 0. The van der Waals surface area contributed by atoms with Crippen LogP contribution in [-0.2, 0) is 13.1 Å². The highest BCUT2D eigenvalue weighted by molar-refractivity contribution is 9.10. The average Bonchev–Trinajstić information content (AvgIpc) is 2.42. The SMILES string of the molecule is CCCn1ccc(=O)n(Cc2cccc(N)c2Br)c1=O. The Morgan fingerprint density at radius 1 is 1.25 bits per heavy atom. The Labute approximate surface area is 124 Å². The number of nitrogen functional groups attached to an aromatic ring is 1. The van der Waals surface area contributed by atoms with Gasteiger partial charge in [-0.25, -0.2) is 4.79 Å². The van der Waals surface area contributed by atoms with Crippen LogP contribution in [0, 0.1) is 0 Å². The standard InChI is InChI=1S/C14H16BrN3O2/c1-2-7-17-8-6-12(19)18(14(17)20)9-10-4-3-5-11(16)13(10)15/h3-6,8H,2,7,9,16H2,1H3. The minimum atomic E-state index is -0.309. The van der Waals surface area contributed by atoms with Gasteiger partial charge in [-0.05, 0) is 34.0 Å². The Kier molecular flexibility index (Phi) is 4.44. The quantitative estimate of drug-likeness (QED) is 0.865. The Morgan fingerprint density at radius 2 is 2.00 bits per heavy atom. The van der Waals surface area contributed by atoms with Gasteiger partial charge in [-0.1, -0.05) is 19.1 Å². The van der Waals surface area contributed by atoms with Crippen LogP contribution < -0.4 is 17.0 Å². The maximum Gasteiger partial charge on any atom is 0.331 e. The first-order valence-corrected chi connectivity index (χ1v) is 7.17. The monoisotopic (exact) mass is 337 g/mol. The van der Waals surface area contributed by atoms with Crippen LogP contribution in [0.15, 0.2) is 44.5 Å². The predicted octanol–water partition coefficient (Wildman–Crippen LogP) is 1.81. The number of rotatable bonds is 4. The summed E-state index contributed by atoms with van der Waals surface area (Å²) in [5.41, 5.74) is 6.59. The molecule has 0 fully saturated rings. The fourth-order valence-electron chi connectivity index (χ4n) is 2.01. The molecule has 6 heteroatoms. The molecule has 0 aliphatic rings. The van der Waals surface area contributed by atoms with E-state index in [-0.39, 0.29) is 17.8 Å². The van der Waals surface area contributed by atoms with Gasteiger partial charge < -0.3 is 10.3 Å². The third-order valence-corrected chi connectivity index (χ3v) is 4.01. The van der Waals surface area contributed by atoms with Gasteiger partial charge in [0.05, 0.1) is 6.54 Å². The number of hydrogen-bond acceptors (Lipinski definition) is 3. The Hall–Kier alpha value is -1.82. The van der Waals surface area contributed by atoms with Crippen molar-refractivity contribution in [3.05, 3.63) is 61.3 Å². The molecule has 0 unspecified atom stereocenters. The van der Waals surface area contributed by atoms with E-state index in [2.05, 4.69) is 15.9 Å².